The maximum Gasteiger partial charge on any atom is 0.160 e. The Hall–Kier alpha value is -1.45. The Morgan fingerprint density at radius 2 is 1.75 bits per heavy atom. The molecule has 0 atom stereocenters. The third-order valence-electron chi connectivity index (χ3n) is 3.18. The first kappa shape index (κ1) is 14.9. The van der Waals surface area contributed by atoms with Gasteiger partial charge in [0.05, 0.1) is 5.02 Å². The summed E-state index contributed by atoms with van der Waals surface area (Å²) in [7, 11) is 0. The molecule has 20 heavy (non-hydrogen) atoms. The Labute approximate surface area is 122 Å². The van der Waals surface area contributed by atoms with Gasteiger partial charge in [-0.1, -0.05) is 30.7 Å². The molecule has 0 amide bonds. The summed E-state index contributed by atoms with van der Waals surface area (Å²) in [6.45, 7) is 5.55. The van der Waals surface area contributed by atoms with Gasteiger partial charge in [0.25, 0.3) is 0 Å². The fraction of sp³-hybridized carbons (Fsp3) is 0.250. The van der Waals surface area contributed by atoms with Crippen LogP contribution in [0, 0.1) is 18.6 Å². The summed E-state index contributed by atoms with van der Waals surface area (Å²) in [5, 5.41) is 3.45. The molecule has 0 spiro atoms. The molecular formula is C16H16ClF2N. The molecule has 2 aromatic rings. The number of halogens is 3. The molecule has 0 radical (unpaired) electrons. The van der Waals surface area contributed by atoms with Crippen molar-refractivity contribution >= 4 is 11.6 Å². The molecule has 106 valence electrons. The van der Waals surface area contributed by atoms with Gasteiger partial charge in [0.15, 0.2) is 11.6 Å². The van der Waals surface area contributed by atoms with Crippen LogP contribution >= 0.6 is 11.6 Å². The molecule has 0 unspecified atom stereocenters. The highest BCUT2D eigenvalue weighted by atomic mass is 35.5. The van der Waals surface area contributed by atoms with Crippen LogP contribution in [0.1, 0.15) is 18.1 Å². The van der Waals surface area contributed by atoms with Crippen molar-refractivity contribution in [3.8, 4) is 11.1 Å². The summed E-state index contributed by atoms with van der Waals surface area (Å²) in [6, 6.07) is 8.09. The molecule has 4 heteroatoms. The molecule has 0 saturated carbocycles. The van der Waals surface area contributed by atoms with Crippen LogP contribution in [0.15, 0.2) is 30.3 Å². The van der Waals surface area contributed by atoms with Gasteiger partial charge in [-0.2, -0.15) is 0 Å². The lowest BCUT2D eigenvalue weighted by Crippen LogP contribution is -2.11. The second-order valence-electron chi connectivity index (χ2n) is 4.68. The third kappa shape index (κ3) is 3.17. The van der Waals surface area contributed by atoms with Crippen LogP contribution in [-0.2, 0) is 6.54 Å². The van der Waals surface area contributed by atoms with E-state index in [0.717, 1.165) is 41.9 Å². The van der Waals surface area contributed by atoms with Gasteiger partial charge in [0.2, 0.25) is 0 Å². The maximum absolute atomic E-state index is 13.4. The molecule has 2 rings (SSSR count). The predicted octanol–water partition coefficient (Wildman–Crippen LogP) is 4.70. The largest absolute Gasteiger partial charge is 0.313 e. The fourth-order valence-electron chi connectivity index (χ4n) is 2.07. The highest BCUT2D eigenvalue weighted by Gasteiger charge is 2.12. The minimum absolute atomic E-state index is 0.215. The van der Waals surface area contributed by atoms with E-state index >= 15 is 0 Å². The molecule has 0 heterocycles. The van der Waals surface area contributed by atoms with Crippen molar-refractivity contribution < 1.29 is 8.78 Å². The molecule has 0 aliphatic carbocycles. The SMILES string of the molecule is CCNCc1ccc(C)c(-c2cc(F)c(F)cc2Cl)c1. The quantitative estimate of drug-likeness (QED) is 0.806. The summed E-state index contributed by atoms with van der Waals surface area (Å²) in [6.07, 6.45) is 0. The smallest absolute Gasteiger partial charge is 0.160 e. The molecule has 0 aromatic heterocycles. The van der Waals surface area contributed by atoms with Crippen molar-refractivity contribution in [2.75, 3.05) is 6.54 Å². The lowest BCUT2D eigenvalue weighted by molar-refractivity contribution is 0.509. The second-order valence-corrected chi connectivity index (χ2v) is 5.08. The Bertz CT molecular complexity index is 626. The Morgan fingerprint density at radius 1 is 1.05 bits per heavy atom. The average molecular weight is 296 g/mol. The number of hydrogen-bond donors (Lipinski definition) is 1. The zero-order chi connectivity index (χ0) is 14.7. The van der Waals surface area contributed by atoms with Gasteiger partial charge in [0.1, 0.15) is 0 Å². The highest BCUT2D eigenvalue weighted by molar-refractivity contribution is 6.33. The Morgan fingerprint density at radius 3 is 2.45 bits per heavy atom. The van der Waals surface area contributed by atoms with Gasteiger partial charge in [-0.05, 0) is 48.4 Å². The van der Waals surface area contributed by atoms with Gasteiger partial charge in [-0.15, -0.1) is 0 Å². The standard InChI is InChI=1S/C16H16ClF2N/c1-3-20-9-11-5-4-10(2)12(6-11)13-7-15(18)16(19)8-14(13)17/h4-8,20H,3,9H2,1-2H3. The molecule has 0 fully saturated rings. The topological polar surface area (TPSA) is 12.0 Å². The summed E-state index contributed by atoms with van der Waals surface area (Å²) in [5.41, 5.74) is 3.39. The molecule has 1 nitrogen and oxygen atoms in total. The van der Waals surface area contributed by atoms with E-state index in [9.17, 15) is 8.78 Å². The van der Waals surface area contributed by atoms with E-state index in [1.54, 1.807) is 0 Å². The van der Waals surface area contributed by atoms with Gasteiger partial charge in [-0.3, -0.25) is 0 Å². The second kappa shape index (κ2) is 6.33. The van der Waals surface area contributed by atoms with E-state index in [2.05, 4.69) is 5.32 Å². The van der Waals surface area contributed by atoms with E-state index in [0.29, 0.717) is 5.56 Å². The van der Waals surface area contributed by atoms with Crippen molar-refractivity contribution in [1.82, 2.24) is 5.32 Å². The molecule has 0 aliphatic heterocycles. The van der Waals surface area contributed by atoms with Crippen LogP contribution < -0.4 is 5.32 Å². The van der Waals surface area contributed by atoms with Gasteiger partial charge < -0.3 is 5.32 Å². The summed E-state index contributed by atoms with van der Waals surface area (Å²) < 4.78 is 26.6. The summed E-state index contributed by atoms with van der Waals surface area (Å²) in [4.78, 5) is 0. The molecule has 1 N–H and O–H groups in total. The van der Waals surface area contributed by atoms with Gasteiger partial charge in [-0.25, -0.2) is 8.78 Å². The first-order valence-electron chi connectivity index (χ1n) is 6.48. The Balaban J connectivity index is 2.48. The van der Waals surface area contributed by atoms with Crippen LogP contribution in [0.3, 0.4) is 0 Å². The van der Waals surface area contributed by atoms with Crippen molar-refractivity contribution in [2.24, 2.45) is 0 Å². The van der Waals surface area contributed by atoms with Crippen LogP contribution in [-0.4, -0.2) is 6.54 Å². The number of hydrogen-bond acceptors (Lipinski definition) is 1. The van der Waals surface area contributed by atoms with E-state index in [4.69, 9.17) is 11.6 Å². The number of aryl methyl sites for hydroxylation is 1. The zero-order valence-electron chi connectivity index (χ0n) is 11.4. The van der Waals surface area contributed by atoms with Crippen molar-refractivity contribution in [3.63, 3.8) is 0 Å². The summed E-state index contributed by atoms with van der Waals surface area (Å²) >= 11 is 6.04. The molecule has 0 bridgehead atoms. The molecule has 2 aromatic carbocycles. The third-order valence-corrected chi connectivity index (χ3v) is 3.49. The maximum atomic E-state index is 13.4. The Kier molecular flexibility index (Phi) is 4.73. The lowest BCUT2D eigenvalue weighted by Gasteiger charge is -2.11. The molecular weight excluding hydrogens is 280 g/mol. The van der Waals surface area contributed by atoms with E-state index in [-0.39, 0.29) is 5.02 Å². The first-order valence-corrected chi connectivity index (χ1v) is 6.86. The van der Waals surface area contributed by atoms with Crippen LogP contribution in [0.2, 0.25) is 5.02 Å². The minimum Gasteiger partial charge on any atom is -0.313 e. The normalized spacial score (nSPS) is 10.8. The first-order chi connectivity index (χ1) is 9.52. The van der Waals surface area contributed by atoms with Crippen molar-refractivity contribution in [1.29, 1.82) is 0 Å². The number of rotatable bonds is 4. The lowest BCUT2D eigenvalue weighted by atomic mass is 9.97. The van der Waals surface area contributed by atoms with E-state index in [1.165, 1.54) is 0 Å². The summed E-state index contributed by atoms with van der Waals surface area (Å²) in [5.74, 6) is -1.82. The van der Waals surface area contributed by atoms with Crippen LogP contribution in [0.4, 0.5) is 8.78 Å². The molecule has 0 aliphatic rings. The highest BCUT2D eigenvalue weighted by Crippen LogP contribution is 2.32. The average Bonchev–Trinajstić information content (AvgIpc) is 2.42. The number of nitrogens with one attached hydrogen (secondary N) is 1. The zero-order valence-corrected chi connectivity index (χ0v) is 12.2. The monoisotopic (exact) mass is 295 g/mol. The van der Waals surface area contributed by atoms with E-state index in [1.807, 2.05) is 32.0 Å². The van der Waals surface area contributed by atoms with Crippen molar-refractivity contribution in [2.45, 2.75) is 20.4 Å². The van der Waals surface area contributed by atoms with Gasteiger partial charge in [0, 0.05) is 12.1 Å². The molecule has 0 saturated heterocycles. The van der Waals surface area contributed by atoms with Gasteiger partial charge >= 0.3 is 0 Å². The van der Waals surface area contributed by atoms with Crippen LogP contribution in [0.5, 0.6) is 0 Å². The van der Waals surface area contributed by atoms with Crippen molar-refractivity contribution in [3.05, 3.63) is 58.1 Å². The number of benzene rings is 2. The van der Waals surface area contributed by atoms with Crippen LogP contribution in [0.25, 0.3) is 11.1 Å². The minimum atomic E-state index is -0.930. The fourth-order valence-corrected chi connectivity index (χ4v) is 2.32. The predicted molar refractivity (Wildman–Crippen MR) is 78.9 cm³/mol. The van der Waals surface area contributed by atoms with E-state index < -0.39 is 11.6 Å².